The van der Waals surface area contributed by atoms with Gasteiger partial charge < -0.3 is 0 Å². The molecular formula is C53H34N4. The van der Waals surface area contributed by atoms with Crippen LogP contribution < -0.4 is 0 Å². The summed E-state index contributed by atoms with van der Waals surface area (Å²) in [6.07, 6.45) is 0. The third-order valence-corrected chi connectivity index (χ3v) is 11.1. The number of aromatic nitrogens is 3. The molecule has 0 fully saturated rings. The van der Waals surface area contributed by atoms with Crippen molar-refractivity contribution in [2.24, 2.45) is 0 Å². The van der Waals surface area contributed by atoms with Crippen LogP contribution in [0.2, 0.25) is 0 Å². The summed E-state index contributed by atoms with van der Waals surface area (Å²) in [7, 11) is 0. The van der Waals surface area contributed by atoms with E-state index in [2.05, 4.69) is 164 Å². The highest BCUT2D eigenvalue weighted by molar-refractivity contribution is 5.97. The zero-order valence-electron chi connectivity index (χ0n) is 30.9. The number of hydrogen-bond acceptors (Lipinski definition) is 4. The van der Waals surface area contributed by atoms with Gasteiger partial charge in [0, 0.05) is 22.3 Å². The lowest BCUT2D eigenvalue weighted by molar-refractivity contribution is 0.768. The molecule has 0 aliphatic heterocycles. The van der Waals surface area contributed by atoms with Crippen molar-refractivity contribution < 1.29 is 0 Å². The second kappa shape index (κ2) is 14.2. The second-order valence-electron chi connectivity index (χ2n) is 14.2. The van der Waals surface area contributed by atoms with Crippen LogP contribution in [-0.2, 0) is 5.41 Å². The predicted molar refractivity (Wildman–Crippen MR) is 229 cm³/mol. The van der Waals surface area contributed by atoms with Gasteiger partial charge in [0.05, 0.1) is 17.0 Å². The lowest BCUT2D eigenvalue weighted by atomic mass is 9.67. The van der Waals surface area contributed by atoms with Crippen molar-refractivity contribution in [2.75, 3.05) is 0 Å². The Balaban J connectivity index is 1.11. The van der Waals surface area contributed by atoms with Crippen molar-refractivity contribution in [1.29, 1.82) is 5.26 Å². The maximum Gasteiger partial charge on any atom is 0.164 e. The molecule has 8 aromatic carbocycles. The van der Waals surface area contributed by atoms with Gasteiger partial charge in [-0.05, 0) is 56.1 Å². The van der Waals surface area contributed by atoms with Gasteiger partial charge in [0.15, 0.2) is 17.5 Å². The molecule has 0 radical (unpaired) electrons. The highest BCUT2D eigenvalue weighted by Crippen LogP contribution is 2.59. The Bertz CT molecular complexity index is 2880. The van der Waals surface area contributed by atoms with Gasteiger partial charge in [-0.1, -0.05) is 200 Å². The summed E-state index contributed by atoms with van der Waals surface area (Å²) < 4.78 is 0. The molecule has 9 aromatic rings. The van der Waals surface area contributed by atoms with Gasteiger partial charge in [-0.15, -0.1) is 0 Å². The number of fused-ring (bicyclic) bond motifs is 3. The van der Waals surface area contributed by atoms with Crippen LogP contribution in [0.4, 0.5) is 0 Å². The quantitative estimate of drug-likeness (QED) is 0.164. The lowest BCUT2D eigenvalue weighted by Gasteiger charge is -2.34. The average molecular weight is 727 g/mol. The van der Waals surface area contributed by atoms with Crippen molar-refractivity contribution in [3.05, 3.63) is 234 Å². The second-order valence-corrected chi connectivity index (χ2v) is 14.2. The van der Waals surface area contributed by atoms with E-state index >= 15 is 0 Å². The van der Waals surface area contributed by atoms with Crippen LogP contribution in [0.25, 0.3) is 67.5 Å². The lowest BCUT2D eigenvalue weighted by Crippen LogP contribution is -2.28. The molecule has 0 bridgehead atoms. The molecule has 0 spiro atoms. The number of benzene rings is 8. The average Bonchev–Trinajstić information content (AvgIpc) is 3.62. The number of nitriles is 1. The minimum Gasteiger partial charge on any atom is -0.208 e. The molecule has 57 heavy (non-hydrogen) atoms. The van der Waals surface area contributed by atoms with Gasteiger partial charge in [-0.25, -0.2) is 15.0 Å². The minimum atomic E-state index is -0.607. The Morgan fingerprint density at radius 3 is 1.23 bits per heavy atom. The van der Waals surface area contributed by atoms with E-state index in [0.29, 0.717) is 23.0 Å². The number of rotatable bonds is 7. The number of nitrogens with zero attached hydrogens (tertiary/aromatic N) is 4. The van der Waals surface area contributed by atoms with E-state index in [9.17, 15) is 5.26 Å². The van der Waals surface area contributed by atoms with Crippen molar-refractivity contribution in [3.8, 4) is 73.6 Å². The number of hydrogen-bond donors (Lipinski definition) is 0. The third kappa shape index (κ3) is 5.73. The highest BCUT2D eigenvalue weighted by Gasteiger charge is 2.47. The Labute approximate surface area is 332 Å². The molecule has 1 aromatic heterocycles. The van der Waals surface area contributed by atoms with Gasteiger partial charge >= 0.3 is 0 Å². The summed E-state index contributed by atoms with van der Waals surface area (Å²) in [5.41, 5.74) is 13.8. The van der Waals surface area contributed by atoms with E-state index in [1.165, 1.54) is 0 Å². The molecule has 0 amide bonds. The molecular weight excluding hydrogens is 693 g/mol. The first kappa shape index (κ1) is 33.8. The van der Waals surface area contributed by atoms with Gasteiger partial charge in [0.2, 0.25) is 0 Å². The maximum absolute atomic E-state index is 10.6. The van der Waals surface area contributed by atoms with Crippen LogP contribution in [0.15, 0.2) is 206 Å². The third-order valence-electron chi connectivity index (χ3n) is 11.1. The smallest absolute Gasteiger partial charge is 0.164 e. The topological polar surface area (TPSA) is 62.5 Å². The SMILES string of the molecule is N#Cc1cccc2c1-c1c(-c3ccc(-c4nc(-c5ccccc5)nc(-c5ccc(-c6ccccc6)cc5)n4)cc3)cccc1C2(c1ccccc1)c1ccccc1. The molecule has 266 valence electrons. The molecule has 4 nitrogen and oxygen atoms in total. The van der Waals surface area contributed by atoms with E-state index in [0.717, 1.165) is 72.3 Å². The Hall–Kier alpha value is -7.74. The fourth-order valence-electron chi connectivity index (χ4n) is 8.50. The summed E-state index contributed by atoms with van der Waals surface area (Å²) >= 11 is 0. The van der Waals surface area contributed by atoms with E-state index < -0.39 is 5.41 Å². The zero-order valence-corrected chi connectivity index (χ0v) is 30.9. The van der Waals surface area contributed by atoms with Crippen LogP contribution in [0.1, 0.15) is 27.8 Å². The first-order chi connectivity index (χ1) is 28.2. The molecule has 1 heterocycles. The van der Waals surface area contributed by atoms with Crippen molar-refractivity contribution in [2.45, 2.75) is 5.41 Å². The van der Waals surface area contributed by atoms with Crippen molar-refractivity contribution in [1.82, 2.24) is 15.0 Å². The predicted octanol–water partition coefficient (Wildman–Crippen LogP) is 12.4. The summed E-state index contributed by atoms with van der Waals surface area (Å²) in [5, 5.41) is 10.6. The summed E-state index contributed by atoms with van der Waals surface area (Å²) in [5.74, 6) is 1.83. The first-order valence-electron chi connectivity index (χ1n) is 19.1. The molecule has 0 saturated heterocycles. The largest absolute Gasteiger partial charge is 0.208 e. The Morgan fingerprint density at radius 2 is 0.719 bits per heavy atom. The molecule has 0 unspecified atom stereocenters. The summed E-state index contributed by atoms with van der Waals surface area (Å²) in [6.45, 7) is 0. The Kier molecular flexibility index (Phi) is 8.39. The van der Waals surface area contributed by atoms with Crippen LogP contribution in [-0.4, -0.2) is 15.0 Å². The van der Waals surface area contributed by atoms with Crippen LogP contribution in [0.3, 0.4) is 0 Å². The minimum absolute atomic E-state index is 0.597. The first-order valence-corrected chi connectivity index (χ1v) is 19.1. The van der Waals surface area contributed by atoms with E-state index in [4.69, 9.17) is 15.0 Å². The molecule has 10 rings (SSSR count). The van der Waals surface area contributed by atoms with Crippen molar-refractivity contribution in [3.63, 3.8) is 0 Å². The summed E-state index contributed by atoms with van der Waals surface area (Å²) in [6, 6.07) is 73.8. The monoisotopic (exact) mass is 726 g/mol. The normalized spacial score (nSPS) is 12.3. The summed E-state index contributed by atoms with van der Waals surface area (Å²) in [4.78, 5) is 15.0. The van der Waals surface area contributed by atoms with Gasteiger partial charge in [0.25, 0.3) is 0 Å². The molecule has 0 N–H and O–H groups in total. The van der Waals surface area contributed by atoms with Crippen molar-refractivity contribution >= 4 is 0 Å². The molecule has 1 aliphatic rings. The molecule has 0 atom stereocenters. The molecule has 4 heteroatoms. The van der Waals surface area contributed by atoms with Gasteiger partial charge in [-0.3, -0.25) is 0 Å². The van der Waals surface area contributed by atoms with E-state index in [1.807, 2.05) is 48.5 Å². The van der Waals surface area contributed by atoms with Crippen LogP contribution in [0.5, 0.6) is 0 Å². The van der Waals surface area contributed by atoms with Crippen LogP contribution >= 0.6 is 0 Å². The fraction of sp³-hybridized carbons (Fsp3) is 0.0189. The van der Waals surface area contributed by atoms with E-state index in [1.54, 1.807) is 0 Å². The Morgan fingerprint density at radius 1 is 0.333 bits per heavy atom. The van der Waals surface area contributed by atoms with Gasteiger partial charge in [-0.2, -0.15) is 5.26 Å². The van der Waals surface area contributed by atoms with Gasteiger partial charge in [0.1, 0.15) is 0 Å². The molecule has 1 aliphatic carbocycles. The fourth-order valence-corrected chi connectivity index (χ4v) is 8.50. The standard InChI is InChI=1S/C53H34N4/c54-35-42-19-13-25-46-48(42)49-45(24-14-26-47(49)53(46,43-20-9-3-10-21-43)44-22-11-4-12-23-44)38-29-33-41(34-30-38)52-56-50(39-17-7-2-8-18-39)55-51(57-52)40-31-27-37(28-32-40)36-15-5-1-6-16-36/h1-34H. The molecule has 0 saturated carbocycles. The van der Waals surface area contributed by atoms with Crippen LogP contribution in [0, 0.1) is 11.3 Å². The highest BCUT2D eigenvalue weighted by atomic mass is 15.0. The zero-order chi connectivity index (χ0) is 38.2. The van der Waals surface area contributed by atoms with E-state index in [-0.39, 0.29) is 0 Å². The maximum atomic E-state index is 10.6.